The van der Waals surface area contributed by atoms with Gasteiger partial charge in [0.05, 0.1) is 0 Å². The second-order valence-electron chi connectivity index (χ2n) is 4.01. The van der Waals surface area contributed by atoms with E-state index < -0.39 is 24.6 Å². The van der Waals surface area contributed by atoms with E-state index >= 15 is 0 Å². The van der Waals surface area contributed by atoms with Gasteiger partial charge in [0.25, 0.3) is 0 Å². The molecule has 0 aliphatic heterocycles. The summed E-state index contributed by atoms with van der Waals surface area (Å²) in [6.45, 7) is -1.38. The van der Waals surface area contributed by atoms with E-state index in [0.717, 1.165) is 0 Å². The summed E-state index contributed by atoms with van der Waals surface area (Å²) in [5.41, 5.74) is 5.32. The van der Waals surface area contributed by atoms with Crippen LogP contribution in [0.2, 0.25) is 0 Å². The molecule has 0 aromatic carbocycles. The smallest absolute Gasteiger partial charge is 0.408 e. The largest absolute Gasteiger partial charge is 0.481 e. The number of carboxylic acid groups (broad SMARTS) is 1. The number of guanidine groups is 1. The number of carboxylic acids is 1. The highest BCUT2D eigenvalue weighted by molar-refractivity contribution is 7.99. The average Bonchev–Trinajstić information content (AvgIpc) is 2.51. The van der Waals surface area contributed by atoms with Crippen LogP contribution in [0.3, 0.4) is 0 Å². The number of hydrogen-bond acceptors (Lipinski definition) is 7. The van der Waals surface area contributed by atoms with Gasteiger partial charge >= 0.3 is 12.1 Å². The molecule has 0 spiro atoms. The van der Waals surface area contributed by atoms with E-state index in [2.05, 4.69) is 32.0 Å². The van der Waals surface area contributed by atoms with Crippen LogP contribution < -0.4 is 22.7 Å². The summed E-state index contributed by atoms with van der Waals surface area (Å²) in [7, 11) is 0. The normalized spacial score (nSPS) is 11.5. The zero-order valence-electron chi connectivity index (χ0n) is 12.5. The van der Waals surface area contributed by atoms with Crippen LogP contribution in [0.5, 0.6) is 0 Å². The SMILES string of the molecule is NC(=NCC(F)(F)F)Nc1ccnc(SCCCC(=O)O)n1.NN. The van der Waals surface area contributed by atoms with Gasteiger partial charge in [0.15, 0.2) is 11.1 Å². The number of hydrogen-bond donors (Lipinski definition) is 5. The molecular weight excluding hydrogens is 351 g/mol. The van der Waals surface area contributed by atoms with Crippen molar-refractivity contribution in [1.82, 2.24) is 9.97 Å². The number of nitrogens with two attached hydrogens (primary N) is 3. The Kier molecular flexibility index (Phi) is 10.4. The van der Waals surface area contributed by atoms with Crippen molar-refractivity contribution in [2.45, 2.75) is 24.2 Å². The number of aromatic nitrogens is 2. The van der Waals surface area contributed by atoms with Gasteiger partial charge in [-0.25, -0.2) is 15.0 Å². The van der Waals surface area contributed by atoms with Crippen molar-refractivity contribution >= 4 is 29.5 Å². The zero-order chi connectivity index (χ0) is 18.6. The molecule has 8 N–H and O–H groups in total. The molecule has 136 valence electrons. The standard InChI is InChI=1S/C11H14F3N5O2S.H4N2/c12-11(13,14)6-17-9(15)18-7-3-4-16-10(19-7)22-5-1-2-8(20)21;1-2/h3-4H,1-2,5-6H2,(H,20,21)(H3,15,16,17,18,19);1-2H2. The highest BCUT2D eigenvalue weighted by Crippen LogP contribution is 2.16. The Morgan fingerprint density at radius 3 is 2.67 bits per heavy atom. The molecule has 24 heavy (non-hydrogen) atoms. The number of halogens is 3. The molecule has 1 aromatic heterocycles. The lowest BCUT2D eigenvalue weighted by atomic mass is 10.3. The maximum absolute atomic E-state index is 12.0. The van der Waals surface area contributed by atoms with E-state index in [4.69, 9.17) is 10.8 Å². The predicted octanol–water partition coefficient (Wildman–Crippen LogP) is 0.541. The highest BCUT2D eigenvalue weighted by Gasteiger charge is 2.26. The van der Waals surface area contributed by atoms with Crippen molar-refractivity contribution in [3.63, 3.8) is 0 Å². The summed E-state index contributed by atoms with van der Waals surface area (Å²) in [6, 6.07) is 1.43. The lowest BCUT2D eigenvalue weighted by Gasteiger charge is -2.07. The number of nitrogens with zero attached hydrogens (tertiary/aromatic N) is 3. The molecular formula is C11H18F3N7O2S. The van der Waals surface area contributed by atoms with Gasteiger partial charge < -0.3 is 16.2 Å². The molecule has 13 heteroatoms. The molecule has 0 bridgehead atoms. The Labute approximate surface area is 139 Å². The molecule has 0 aliphatic carbocycles. The topological polar surface area (TPSA) is 166 Å². The number of aliphatic carboxylic acids is 1. The van der Waals surface area contributed by atoms with E-state index in [9.17, 15) is 18.0 Å². The van der Waals surface area contributed by atoms with E-state index in [1.54, 1.807) is 0 Å². The maximum Gasteiger partial charge on any atom is 0.408 e. The molecule has 0 fully saturated rings. The Morgan fingerprint density at radius 1 is 1.42 bits per heavy atom. The number of carbonyl (C=O) groups is 1. The number of nitrogens with one attached hydrogen (secondary N) is 1. The number of alkyl halides is 3. The minimum Gasteiger partial charge on any atom is -0.481 e. The first-order valence-electron chi connectivity index (χ1n) is 6.41. The zero-order valence-corrected chi connectivity index (χ0v) is 13.3. The summed E-state index contributed by atoms with van der Waals surface area (Å²) in [6.07, 6.45) is -2.52. The third kappa shape index (κ3) is 11.4. The van der Waals surface area contributed by atoms with Crippen molar-refractivity contribution in [1.29, 1.82) is 0 Å². The van der Waals surface area contributed by atoms with Crippen molar-refractivity contribution < 1.29 is 23.1 Å². The molecule has 0 saturated carbocycles. The first kappa shape index (κ1) is 21.9. The van der Waals surface area contributed by atoms with Crippen LogP contribution in [0.15, 0.2) is 22.4 Å². The highest BCUT2D eigenvalue weighted by atomic mass is 32.2. The van der Waals surface area contributed by atoms with Gasteiger partial charge in [-0.05, 0) is 12.5 Å². The number of thioether (sulfide) groups is 1. The molecule has 0 amide bonds. The third-order valence-electron chi connectivity index (χ3n) is 2.08. The van der Waals surface area contributed by atoms with Crippen LogP contribution in [0.1, 0.15) is 12.8 Å². The molecule has 0 radical (unpaired) electrons. The van der Waals surface area contributed by atoms with Gasteiger partial charge in [-0.2, -0.15) is 13.2 Å². The van der Waals surface area contributed by atoms with Crippen molar-refractivity contribution in [2.75, 3.05) is 17.6 Å². The minimum atomic E-state index is -4.43. The van der Waals surface area contributed by atoms with Crippen LogP contribution in [-0.2, 0) is 4.79 Å². The van der Waals surface area contributed by atoms with Crippen LogP contribution in [0.4, 0.5) is 19.0 Å². The number of rotatable bonds is 7. The Bertz CT molecular complexity index is 543. The van der Waals surface area contributed by atoms with Crippen LogP contribution in [0, 0.1) is 0 Å². The van der Waals surface area contributed by atoms with E-state index in [0.29, 0.717) is 17.3 Å². The van der Waals surface area contributed by atoms with E-state index in [1.807, 2.05) is 0 Å². The second-order valence-corrected chi connectivity index (χ2v) is 5.07. The van der Waals surface area contributed by atoms with E-state index in [1.165, 1.54) is 24.0 Å². The fourth-order valence-electron chi connectivity index (χ4n) is 1.21. The first-order chi connectivity index (χ1) is 11.3. The molecule has 9 nitrogen and oxygen atoms in total. The van der Waals surface area contributed by atoms with Crippen LogP contribution in [0.25, 0.3) is 0 Å². The van der Waals surface area contributed by atoms with Crippen molar-refractivity contribution in [2.24, 2.45) is 22.4 Å². The summed E-state index contributed by atoms with van der Waals surface area (Å²) in [4.78, 5) is 21.5. The van der Waals surface area contributed by atoms with Gasteiger partial charge in [-0.15, -0.1) is 0 Å². The van der Waals surface area contributed by atoms with Gasteiger partial charge in [-0.1, -0.05) is 11.8 Å². The third-order valence-corrected chi connectivity index (χ3v) is 3.03. The fraction of sp³-hybridized carbons (Fsp3) is 0.455. The van der Waals surface area contributed by atoms with E-state index in [-0.39, 0.29) is 12.2 Å². The van der Waals surface area contributed by atoms with Gasteiger partial charge in [0.2, 0.25) is 0 Å². The monoisotopic (exact) mass is 369 g/mol. The number of aliphatic imine (C=N–C) groups is 1. The number of anilines is 1. The average molecular weight is 369 g/mol. The lowest BCUT2D eigenvalue weighted by Crippen LogP contribution is -2.26. The molecule has 0 aliphatic rings. The molecule has 0 saturated heterocycles. The second kappa shape index (κ2) is 11.4. The Morgan fingerprint density at radius 2 is 2.08 bits per heavy atom. The molecule has 1 heterocycles. The van der Waals surface area contributed by atoms with Crippen LogP contribution in [-0.4, -0.2) is 45.5 Å². The summed E-state index contributed by atoms with van der Waals surface area (Å²) < 4.78 is 36.0. The summed E-state index contributed by atoms with van der Waals surface area (Å²) in [5.74, 6) is 7.43. The molecule has 0 unspecified atom stereocenters. The molecule has 1 aromatic rings. The molecule has 1 rings (SSSR count). The maximum atomic E-state index is 12.0. The van der Waals surface area contributed by atoms with Gasteiger partial charge in [-0.3, -0.25) is 16.5 Å². The van der Waals surface area contributed by atoms with Crippen molar-refractivity contribution in [3.8, 4) is 0 Å². The molecule has 0 atom stereocenters. The Hall–Kier alpha value is -2.12. The Balaban J connectivity index is 0.00000254. The van der Waals surface area contributed by atoms with Crippen LogP contribution >= 0.6 is 11.8 Å². The predicted molar refractivity (Wildman–Crippen MR) is 84.2 cm³/mol. The lowest BCUT2D eigenvalue weighted by molar-refractivity contribution is -0.137. The van der Waals surface area contributed by atoms with Gasteiger partial charge in [0, 0.05) is 18.4 Å². The quantitative estimate of drug-likeness (QED) is 0.0876. The minimum absolute atomic E-state index is 0.0436. The van der Waals surface area contributed by atoms with Crippen molar-refractivity contribution in [3.05, 3.63) is 12.3 Å². The van der Waals surface area contributed by atoms with Gasteiger partial charge in [0.1, 0.15) is 12.4 Å². The summed E-state index contributed by atoms with van der Waals surface area (Å²) >= 11 is 1.24. The summed E-state index contributed by atoms with van der Waals surface area (Å²) in [5, 5.41) is 11.3. The fourth-order valence-corrected chi connectivity index (χ4v) is 1.98. The first-order valence-corrected chi connectivity index (χ1v) is 7.39. The number of hydrazine groups is 1.